The fraction of sp³-hybridized carbons (Fsp3) is 0.350. The largest absolute Gasteiger partial charge is 0.494 e. The van der Waals surface area contributed by atoms with Crippen molar-refractivity contribution >= 4 is 35.1 Å². The molecule has 0 spiro atoms. The summed E-state index contributed by atoms with van der Waals surface area (Å²) in [6.45, 7) is 6.45. The molecule has 1 N–H and O–H groups in total. The first-order chi connectivity index (χ1) is 14.4. The molecule has 0 radical (unpaired) electrons. The van der Waals surface area contributed by atoms with Gasteiger partial charge >= 0.3 is 0 Å². The molecular formula is C20H24N6O2S2. The Bertz CT molecular complexity index is 987. The third-order valence-corrected chi connectivity index (χ3v) is 5.86. The summed E-state index contributed by atoms with van der Waals surface area (Å²) in [5, 5.41) is 12.7. The molecule has 0 unspecified atom stereocenters. The molecule has 2 heterocycles. The van der Waals surface area contributed by atoms with Crippen molar-refractivity contribution in [3.8, 4) is 5.75 Å². The molecule has 0 aliphatic rings. The number of carbonyl (C=O) groups is 1. The molecule has 0 saturated heterocycles. The quantitative estimate of drug-likeness (QED) is 0.395. The van der Waals surface area contributed by atoms with Crippen LogP contribution in [0.15, 0.2) is 40.6 Å². The Morgan fingerprint density at radius 2 is 1.80 bits per heavy atom. The highest BCUT2D eigenvalue weighted by atomic mass is 32.2. The summed E-state index contributed by atoms with van der Waals surface area (Å²) in [4.78, 5) is 21.1. The van der Waals surface area contributed by atoms with Crippen LogP contribution in [0.4, 0.5) is 5.69 Å². The van der Waals surface area contributed by atoms with Gasteiger partial charge in [0.1, 0.15) is 11.6 Å². The number of nitrogens with one attached hydrogen (secondary N) is 1. The molecule has 2 aromatic heterocycles. The van der Waals surface area contributed by atoms with Crippen LogP contribution < -0.4 is 10.1 Å². The van der Waals surface area contributed by atoms with E-state index in [1.165, 1.54) is 23.5 Å². The highest BCUT2D eigenvalue weighted by Crippen LogP contribution is 2.22. The van der Waals surface area contributed by atoms with Gasteiger partial charge in [0.05, 0.1) is 18.1 Å². The number of aromatic nitrogens is 5. The number of nitrogens with zero attached hydrogens (tertiary/aromatic N) is 5. The minimum atomic E-state index is -0.105. The van der Waals surface area contributed by atoms with Crippen LogP contribution in [0.25, 0.3) is 0 Å². The average Bonchev–Trinajstić information content (AvgIpc) is 3.05. The standard InChI is InChI=1S/C20H24N6O2S2/c1-5-28-16-8-6-15(7-9-16)23-18(27)12-30-20-25-24-17(26(20)4)11-29-19-21-13(2)10-14(3)22-19/h6-10H,5,11-12H2,1-4H3,(H,23,27). The van der Waals surface area contributed by atoms with E-state index >= 15 is 0 Å². The highest BCUT2D eigenvalue weighted by molar-refractivity contribution is 7.99. The third-order valence-electron chi connectivity index (χ3n) is 4.00. The number of amides is 1. The Balaban J connectivity index is 1.51. The van der Waals surface area contributed by atoms with Gasteiger partial charge in [0.15, 0.2) is 10.3 Å². The van der Waals surface area contributed by atoms with Gasteiger partial charge in [-0.1, -0.05) is 23.5 Å². The minimum absolute atomic E-state index is 0.105. The van der Waals surface area contributed by atoms with Crippen LogP contribution in [-0.2, 0) is 17.6 Å². The smallest absolute Gasteiger partial charge is 0.234 e. The fourth-order valence-corrected chi connectivity index (χ4v) is 4.27. The monoisotopic (exact) mass is 444 g/mol. The van der Waals surface area contributed by atoms with Crippen molar-refractivity contribution in [1.82, 2.24) is 24.7 Å². The van der Waals surface area contributed by atoms with Gasteiger partial charge in [-0.2, -0.15) is 0 Å². The van der Waals surface area contributed by atoms with Crippen molar-refractivity contribution in [3.05, 3.63) is 47.5 Å². The van der Waals surface area contributed by atoms with Gasteiger partial charge in [0.2, 0.25) is 5.91 Å². The maximum absolute atomic E-state index is 12.2. The summed E-state index contributed by atoms with van der Waals surface area (Å²) in [5.41, 5.74) is 2.61. The predicted molar refractivity (Wildman–Crippen MR) is 119 cm³/mol. The Labute approximate surface area is 184 Å². The number of aryl methyl sites for hydroxylation is 2. The number of hydrogen-bond acceptors (Lipinski definition) is 8. The number of anilines is 1. The number of benzene rings is 1. The van der Waals surface area contributed by atoms with E-state index in [2.05, 4.69) is 25.5 Å². The molecule has 10 heteroatoms. The molecule has 0 aliphatic carbocycles. The van der Waals surface area contributed by atoms with Crippen molar-refractivity contribution in [1.29, 1.82) is 0 Å². The third kappa shape index (κ3) is 6.20. The van der Waals surface area contributed by atoms with Gasteiger partial charge in [0, 0.05) is 24.1 Å². The van der Waals surface area contributed by atoms with Gasteiger partial charge in [-0.25, -0.2) is 9.97 Å². The van der Waals surface area contributed by atoms with E-state index in [9.17, 15) is 4.79 Å². The average molecular weight is 445 g/mol. The summed E-state index contributed by atoms with van der Waals surface area (Å²) in [5.74, 6) is 2.32. The zero-order valence-electron chi connectivity index (χ0n) is 17.4. The van der Waals surface area contributed by atoms with Crippen LogP contribution in [0.3, 0.4) is 0 Å². The van der Waals surface area contributed by atoms with E-state index in [1.54, 1.807) is 0 Å². The minimum Gasteiger partial charge on any atom is -0.494 e. The van der Waals surface area contributed by atoms with Gasteiger partial charge in [0.25, 0.3) is 0 Å². The Morgan fingerprint density at radius 1 is 1.10 bits per heavy atom. The van der Waals surface area contributed by atoms with Gasteiger partial charge < -0.3 is 14.6 Å². The number of hydrogen-bond donors (Lipinski definition) is 1. The van der Waals surface area contributed by atoms with Gasteiger partial charge in [-0.3, -0.25) is 4.79 Å². The van der Waals surface area contributed by atoms with E-state index in [0.717, 1.165) is 33.8 Å². The normalized spacial score (nSPS) is 10.8. The van der Waals surface area contributed by atoms with Gasteiger partial charge in [-0.05, 0) is 51.1 Å². The lowest BCUT2D eigenvalue weighted by Gasteiger charge is -2.07. The summed E-state index contributed by atoms with van der Waals surface area (Å²) in [6, 6.07) is 9.25. The first kappa shape index (κ1) is 22.1. The molecule has 3 aromatic rings. The second-order valence-electron chi connectivity index (χ2n) is 6.47. The van der Waals surface area contributed by atoms with Crippen molar-refractivity contribution in [2.45, 2.75) is 36.8 Å². The van der Waals surface area contributed by atoms with Gasteiger partial charge in [-0.15, -0.1) is 10.2 Å². The molecule has 0 atom stereocenters. The van der Waals surface area contributed by atoms with Crippen LogP contribution in [0, 0.1) is 13.8 Å². The van der Waals surface area contributed by atoms with E-state index in [0.29, 0.717) is 17.5 Å². The highest BCUT2D eigenvalue weighted by Gasteiger charge is 2.13. The molecule has 30 heavy (non-hydrogen) atoms. The summed E-state index contributed by atoms with van der Waals surface area (Å²) >= 11 is 2.86. The molecule has 0 saturated carbocycles. The Kier molecular flexibility index (Phi) is 7.69. The molecule has 8 nitrogen and oxygen atoms in total. The second-order valence-corrected chi connectivity index (χ2v) is 8.36. The number of carbonyl (C=O) groups excluding carboxylic acids is 1. The fourth-order valence-electron chi connectivity index (χ4n) is 2.61. The second kappa shape index (κ2) is 10.4. The zero-order chi connectivity index (χ0) is 21.5. The van der Waals surface area contributed by atoms with E-state index in [-0.39, 0.29) is 11.7 Å². The lowest BCUT2D eigenvalue weighted by molar-refractivity contribution is -0.113. The van der Waals surface area contributed by atoms with E-state index in [1.807, 2.05) is 62.7 Å². The van der Waals surface area contributed by atoms with Crippen molar-refractivity contribution < 1.29 is 9.53 Å². The Morgan fingerprint density at radius 3 is 2.47 bits per heavy atom. The maximum atomic E-state index is 12.2. The lowest BCUT2D eigenvalue weighted by Crippen LogP contribution is -2.14. The maximum Gasteiger partial charge on any atom is 0.234 e. The van der Waals surface area contributed by atoms with Crippen LogP contribution in [0.5, 0.6) is 5.75 Å². The van der Waals surface area contributed by atoms with E-state index in [4.69, 9.17) is 4.74 Å². The van der Waals surface area contributed by atoms with E-state index < -0.39 is 0 Å². The van der Waals surface area contributed by atoms with Crippen molar-refractivity contribution in [2.75, 3.05) is 17.7 Å². The number of thioether (sulfide) groups is 2. The van der Waals surface area contributed by atoms with Crippen LogP contribution >= 0.6 is 23.5 Å². The predicted octanol–water partition coefficient (Wildman–Crippen LogP) is 3.64. The molecule has 0 aliphatic heterocycles. The first-order valence-corrected chi connectivity index (χ1v) is 11.4. The lowest BCUT2D eigenvalue weighted by atomic mass is 10.3. The summed E-state index contributed by atoms with van der Waals surface area (Å²) in [6.07, 6.45) is 0. The Hall–Kier alpha value is -2.59. The number of rotatable bonds is 9. The molecule has 1 amide bonds. The van der Waals surface area contributed by atoms with Crippen LogP contribution in [0.2, 0.25) is 0 Å². The topological polar surface area (TPSA) is 94.8 Å². The molecule has 0 bridgehead atoms. The first-order valence-electron chi connectivity index (χ1n) is 9.43. The summed E-state index contributed by atoms with van der Waals surface area (Å²) in [7, 11) is 1.89. The van der Waals surface area contributed by atoms with Crippen LogP contribution in [0.1, 0.15) is 24.1 Å². The van der Waals surface area contributed by atoms with Crippen molar-refractivity contribution in [3.63, 3.8) is 0 Å². The molecule has 0 fully saturated rings. The number of ether oxygens (including phenoxy) is 1. The summed E-state index contributed by atoms with van der Waals surface area (Å²) < 4.78 is 7.30. The van der Waals surface area contributed by atoms with Crippen molar-refractivity contribution in [2.24, 2.45) is 7.05 Å². The SMILES string of the molecule is CCOc1ccc(NC(=O)CSc2nnc(CSc3nc(C)cc(C)n3)n2C)cc1. The molecule has 1 aromatic carbocycles. The molecule has 3 rings (SSSR count). The molecule has 158 valence electrons. The molecular weight excluding hydrogens is 420 g/mol. The zero-order valence-corrected chi connectivity index (χ0v) is 19.0. The van der Waals surface area contributed by atoms with Crippen LogP contribution in [-0.4, -0.2) is 43.0 Å².